The molecule has 3 unspecified atom stereocenters. The number of anilines is 2. The number of hydrogen-bond acceptors (Lipinski definition) is 15. The van der Waals surface area contributed by atoms with Gasteiger partial charge in [0, 0.05) is 18.7 Å². The molecular formula is C27H37FN10O8P2S. The van der Waals surface area contributed by atoms with Crippen molar-refractivity contribution in [3.8, 4) is 6.07 Å². The number of aromatic amines is 1. The van der Waals surface area contributed by atoms with Crippen LogP contribution in [0.1, 0.15) is 45.6 Å². The third kappa shape index (κ3) is 8.73. The van der Waals surface area contributed by atoms with Crippen molar-refractivity contribution in [1.82, 2.24) is 34.9 Å². The maximum Gasteiger partial charge on any atom is 0.327 e. The molecule has 5 N–H and O–H groups in total. The summed E-state index contributed by atoms with van der Waals surface area (Å²) in [5.41, 5.74) is -1.92. The van der Waals surface area contributed by atoms with Gasteiger partial charge < -0.3 is 28.9 Å². The summed E-state index contributed by atoms with van der Waals surface area (Å²) >= 11 is 5.77. The van der Waals surface area contributed by atoms with Crippen LogP contribution in [0.25, 0.3) is 11.2 Å². The number of aliphatic hydroxyl groups excluding tert-OH is 1. The van der Waals surface area contributed by atoms with Gasteiger partial charge in [-0.15, -0.1) is 5.10 Å². The largest absolute Gasteiger partial charge is 0.396 e. The van der Waals surface area contributed by atoms with Crippen LogP contribution in [0.2, 0.25) is 0 Å². The molecular weight excluding hydrogens is 705 g/mol. The Morgan fingerprint density at radius 1 is 1.35 bits per heavy atom. The molecule has 1 amide bonds. The van der Waals surface area contributed by atoms with Gasteiger partial charge in [0.05, 0.1) is 49.6 Å². The van der Waals surface area contributed by atoms with Crippen molar-refractivity contribution in [2.24, 2.45) is 17.8 Å². The normalized spacial score (nSPS) is 27.2. The summed E-state index contributed by atoms with van der Waals surface area (Å²) < 4.78 is 47.5. The number of nitrogens with one attached hydrogen (secondary N) is 3. The van der Waals surface area contributed by atoms with Crippen molar-refractivity contribution in [2.75, 3.05) is 30.5 Å². The van der Waals surface area contributed by atoms with Crippen LogP contribution in [0.15, 0.2) is 23.4 Å². The lowest BCUT2D eigenvalue weighted by atomic mass is 10.1. The number of halogens is 1. The van der Waals surface area contributed by atoms with Crippen LogP contribution in [0, 0.1) is 29.1 Å². The summed E-state index contributed by atoms with van der Waals surface area (Å²) in [7, 11) is -3.36. The van der Waals surface area contributed by atoms with E-state index in [0.29, 0.717) is 12.2 Å². The fourth-order valence-electron chi connectivity index (χ4n) is 5.96. The van der Waals surface area contributed by atoms with Crippen molar-refractivity contribution >= 4 is 55.4 Å². The van der Waals surface area contributed by atoms with Gasteiger partial charge in [0.15, 0.2) is 19.2 Å². The molecule has 0 aliphatic heterocycles. The molecule has 3 aromatic rings. The summed E-state index contributed by atoms with van der Waals surface area (Å²) in [5.74, 6) is -1.56. The molecule has 3 aromatic heterocycles. The maximum atomic E-state index is 15.5. The second-order valence-corrected chi connectivity index (χ2v) is 16.4. The molecule has 0 saturated heterocycles. The Kier molecular flexibility index (Phi) is 12.2. The molecule has 49 heavy (non-hydrogen) atoms. The molecule has 22 heteroatoms. The minimum atomic E-state index is -3.74. The van der Waals surface area contributed by atoms with Gasteiger partial charge in [-0.05, 0) is 49.0 Å². The Hall–Kier alpha value is -3.27. The van der Waals surface area contributed by atoms with Crippen LogP contribution in [0.4, 0.5) is 16.2 Å². The quantitative estimate of drug-likeness (QED) is 0.110. The van der Waals surface area contributed by atoms with Gasteiger partial charge in [-0.2, -0.15) is 10.2 Å². The SMILES string of the molecule is CC(C)C(=O)Nc1nc2c(nnn2[C@@H]2CC(CO)C[C@H]2OP(=S)(OCCC#N)OC[C@H]2C[C@@H](Nc3ccncn3)[C@H](F)[C@@H]2[PH](=O)O)c(=O)[nH]1. The minimum absolute atomic E-state index is 0.0440. The van der Waals surface area contributed by atoms with Crippen LogP contribution in [0.5, 0.6) is 0 Å². The summed E-state index contributed by atoms with van der Waals surface area (Å²) in [6, 6.07) is 1.98. The van der Waals surface area contributed by atoms with E-state index in [9.17, 15) is 24.2 Å². The summed E-state index contributed by atoms with van der Waals surface area (Å²) in [5, 5.41) is 32.8. The standard InChI is InChI=1S/C27H37FN10O8P2S/c1-14(2)25(40)34-27-33-24-22(26(41)35-27)36-37-38(24)18-8-15(11-39)9-19(18)46-48(49,44-7-3-5-29)45-12-16-10-17(21(28)23(16)47(42)43)32-20-4-6-30-13-31-20/h4,6,13-19,21,23,39,47H,3,7-12H2,1-2H3,(H,42,43)(H,30,31,32)(H2,33,34,35,40,41)/t15?,16-,17-,18-,19-,21+,23-,48?/m1/s1. The molecule has 5 rings (SSSR count). The molecule has 9 atom stereocenters. The Balaban J connectivity index is 1.39. The van der Waals surface area contributed by atoms with Gasteiger partial charge in [0.25, 0.3) is 5.56 Å². The number of carbonyl (C=O) groups excluding carboxylic acids is 1. The van der Waals surface area contributed by atoms with E-state index >= 15 is 4.39 Å². The van der Waals surface area contributed by atoms with Gasteiger partial charge in [-0.3, -0.25) is 24.5 Å². The number of fused-ring (bicyclic) bond motifs is 1. The van der Waals surface area contributed by atoms with E-state index in [1.54, 1.807) is 19.9 Å². The van der Waals surface area contributed by atoms with Crippen molar-refractivity contribution < 1.29 is 37.3 Å². The van der Waals surface area contributed by atoms with Crippen LogP contribution >= 0.6 is 14.7 Å². The molecule has 0 radical (unpaired) electrons. The number of aromatic nitrogens is 7. The van der Waals surface area contributed by atoms with Crippen molar-refractivity contribution in [2.45, 2.75) is 69.5 Å². The number of hydrogen-bond donors (Lipinski definition) is 5. The van der Waals surface area contributed by atoms with E-state index in [-0.39, 0.29) is 73.9 Å². The molecule has 0 bridgehead atoms. The number of amides is 1. The highest BCUT2D eigenvalue weighted by Gasteiger charge is 2.48. The second-order valence-electron chi connectivity index (χ2n) is 12.1. The molecule has 2 saturated carbocycles. The third-order valence-electron chi connectivity index (χ3n) is 8.41. The number of rotatable bonds is 15. The highest BCUT2D eigenvalue weighted by atomic mass is 32.5. The lowest BCUT2D eigenvalue weighted by Gasteiger charge is -2.29. The Morgan fingerprint density at radius 2 is 2.14 bits per heavy atom. The Morgan fingerprint density at radius 3 is 2.82 bits per heavy atom. The molecule has 2 aliphatic carbocycles. The van der Waals surface area contributed by atoms with Gasteiger partial charge in [0.1, 0.15) is 18.3 Å². The third-order valence-corrected chi connectivity index (χ3v) is 12.2. The van der Waals surface area contributed by atoms with Gasteiger partial charge in [-0.1, -0.05) is 19.1 Å². The average Bonchev–Trinajstić information content (AvgIpc) is 3.75. The smallest absolute Gasteiger partial charge is 0.327 e. The van der Waals surface area contributed by atoms with E-state index in [2.05, 4.69) is 40.9 Å². The maximum absolute atomic E-state index is 15.5. The molecule has 18 nitrogen and oxygen atoms in total. The molecule has 2 fully saturated rings. The van der Waals surface area contributed by atoms with Crippen molar-refractivity contribution in [1.29, 1.82) is 5.26 Å². The van der Waals surface area contributed by atoms with Gasteiger partial charge in [0.2, 0.25) is 11.9 Å². The minimum Gasteiger partial charge on any atom is -0.396 e. The van der Waals surface area contributed by atoms with E-state index in [0.717, 1.165) is 0 Å². The molecule has 2 aliphatic rings. The van der Waals surface area contributed by atoms with Crippen LogP contribution in [-0.4, -0.2) is 94.6 Å². The van der Waals surface area contributed by atoms with E-state index < -0.39 is 56.2 Å². The Bertz CT molecular complexity index is 1800. The first-order valence-electron chi connectivity index (χ1n) is 15.5. The van der Waals surface area contributed by atoms with Gasteiger partial charge >= 0.3 is 6.72 Å². The lowest BCUT2D eigenvalue weighted by Crippen LogP contribution is -2.30. The predicted octanol–water partition coefficient (Wildman–Crippen LogP) is 2.07. The summed E-state index contributed by atoms with van der Waals surface area (Å²) in [4.78, 5) is 49.9. The number of nitriles is 1. The first kappa shape index (κ1) is 37.0. The molecule has 0 spiro atoms. The zero-order valence-corrected chi connectivity index (χ0v) is 29.2. The molecule has 266 valence electrons. The first-order valence-corrected chi connectivity index (χ1v) is 19.5. The number of H-pyrrole nitrogens is 1. The lowest BCUT2D eigenvalue weighted by molar-refractivity contribution is -0.118. The molecule has 0 aromatic carbocycles. The number of alkyl halides is 1. The fraction of sp³-hybridized carbons (Fsp3) is 0.630. The van der Waals surface area contributed by atoms with E-state index in [4.69, 9.17) is 30.6 Å². The zero-order chi connectivity index (χ0) is 35.3. The fourth-order valence-corrected chi connectivity index (χ4v) is 9.28. The topological polar surface area (TPSA) is 252 Å². The molecule has 3 heterocycles. The zero-order valence-electron chi connectivity index (χ0n) is 26.5. The van der Waals surface area contributed by atoms with Crippen LogP contribution < -0.4 is 16.2 Å². The van der Waals surface area contributed by atoms with E-state index in [1.807, 2.05) is 6.07 Å². The summed E-state index contributed by atoms with van der Waals surface area (Å²) in [6.45, 7) is -1.02. The summed E-state index contributed by atoms with van der Waals surface area (Å²) in [6.07, 6.45) is 0.898. The highest BCUT2D eigenvalue weighted by molar-refractivity contribution is 8.07. The van der Waals surface area contributed by atoms with Crippen molar-refractivity contribution in [3.63, 3.8) is 0 Å². The number of carbonyl (C=O) groups is 1. The monoisotopic (exact) mass is 742 g/mol. The number of nitrogens with zero attached hydrogens (tertiary/aromatic N) is 7. The highest BCUT2D eigenvalue weighted by Crippen LogP contribution is 2.56. The average molecular weight is 743 g/mol. The van der Waals surface area contributed by atoms with Crippen LogP contribution in [0.3, 0.4) is 0 Å². The number of aliphatic hydroxyl groups is 1. The van der Waals surface area contributed by atoms with Crippen molar-refractivity contribution in [3.05, 3.63) is 28.9 Å². The van der Waals surface area contributed by atoms with E-state index in [1.165, 1.54) is 17.2 Å². The Labute approximate surface area is 285 Å². The predicted molar refractivity (Wildman–Crippen MR) is 177 cm³/mol. The van der Waals surface area contributed by atoms with Gasteiger partial charge in [-0.25, -0.2) is 19.0 Å². The van der Waals surface area contributed by atoms with Crippen LogP contribution in [-0.2, 0) is 34.7 Å². The second kappa shape index (κ2) is 16.2. The first-order chi connectivity index (χ1) is 23.4.